The van der Waals surface area contributed by atoms with Crippen molar-refractivity contribution < 1.29 is 9.53 Å². The van der Waals surface area contributed by atoms with Crippen molar-refractivity contribution in [1.29, 1.82) is 0 Å². The van der Waals surface area contributed by atoms with E-state index < -0.39 is 5.41 Å². The Kier molecular flexibility index (Phi) is 4.52. The summed E-state index contributed by atoms with van der Waals surface area (Å²) in [6.07, 6.45) is 2.19. The van der Waals surface area contributed by atoms with Gasteiger partial charge in [-0.15, -0.1) is 5.10 Å². The van der Waals surface area contributed by atoms with Crippen LogP contribution in [-0.2, 0) is 16.1 Å². The highest BCUT2D eigenvalue weighted by molar-refractivity contribution is 7.03. The van der Waals surface area contributed by atoms with E-state index in [-0.39, 0.29) is 5.97 Å². The zero-order chi connectivity index (χ0) is 13.9. The Hall–Kier alpha value is -1.01. The number of carbonyl (C=O) groups is 1. The number of esters is 1. The highest BCUT2D eigenvalue weighted by atomic mass is 32.1. The lowest BCUT2D eigenvalue weighted by Gasteiger charge is -2.39. The fourth-order valence-electron chi connectivity index (χ4n) is 2.70. The maximum absolute atomic E-state index is 11.9. The number of methoxy groups -OCH3 is 1. The molecule has 0 N–H and O–H groups in total. The first-order valence-electron chi connectivity index (χ1n) is 6.60. The molecule has 1 aromatic heterocycles. The van der Waals surface area contributed by atoms with E-state index in [1.54, 1.807) is 0 Å². The third-order valence-electron chi connectivity index (χ3n) is 4.03. The van der Waals surface area contributed by atoms with Crippen molar-refractivity contribution in [2.75, 3.05) is 20.2 Å². The van der Waals surface area contributed by atoms with E-state index in [1.165, 1.54) is 18.6 Å². The Morgan fingerprint density at radius 2 is 2.42 bits per heavy atom. The van der Waals surface area contributed by atoms with Crippen LogP contribution in [0.4, 0.5) is 0 Å². The Bertz CT molecular complexity index is 420. The Morgan fingerprint density at radius 1 is 1.63 bits per heavy atom. The number of likely N-dealkylation sites (tertiary alicyclic amines) is 1. The van der Waals surface area contributed by atoms with Crippen molar-refractivity contribution in [3.8, 4) is 0 Å². The third-order valence-corrected chi connectivity index (χ3v) is 4.58. The van der Waals surface area contributed by atoms with Gasteiger partial charge < -0.3 is 4.74 Å². The lowest BCUT2D eigenvalue weighted by atomic mass is 9.74. The zero-order valence-corrected chi connectivity index (χ0v) is 12.6. The molecule has 2 heterocycles. The quantitative estimate of drug-likeness (QED) is 0.791. The van der Waals surface area contributed by atoms with Crippen LogP contribution in [0.1, 0.15) is 32.4 Å². The van der Waals surface area contributed by atoms with Crippen LogP contribution in [0.5, 0.6) is 0 Å². The molecule has 0 saturated carbocycles. The fraction of sp³-hybridized carbons (Fsp3) is 0.769. The zero-order valence-electron chi connectivity index (χ0n) is 11.8. The molecule has 0 radical (unpaired) electrons. The smallest absolute Gasteiger partial charge is 0.311 e. The summed E-state index contributed by atoms with van der Waals surface area (Å²) in [6.45, 7) is 6.77. The first kappa shape index (κ1) is 14.4. The average Bonchev–Trinajstić information content (AvgIpc) is 2.91. The Balaban J connectivity index is 1.98. The molecule has 6 heteroatoms. The number of carbonyl (C=O) groups excluding carboxylic acids is 1. The highest BCUT2D eigenvalue weighted by Crippen LogP contribution is 2.35. The number of hydrogen-bond donors (Lipinski definition) is 0. The van der Waals surface area contributed by atoms with Crippen LogP contribution < -0.4 is 0 Å². The molecule has 0 bridgehead atoms. The molecule has 1 saturated heterocycles. The summed E-state index contributed by atoms with van der Waals surface area (Å²) in [7, 11) is 1.46. The first-order chi connectivity index (χ1) is 9.04. The summed E-state index contributed by atoms with van der Waals surface area (Å²) >= 11 is 1.38. The molecule has 0 aromatic carbocycles. The molecule has 0 spiro atoms. The third kappa shape index (κ3) is 3.30. The van der Waals surface area contributed by atoms with Gasteiger partial charge in [0.15, 0.2) is 0 Å². The summed E-state index contributed by atoms with van der Waals surface area (Å²) in [5, 5.41) is 6.07. The Labute approximate surface area is 118 Å². The minimum absolute atomic E-state index is 0.116. The van der Waals surface area contributed by atoms with E-state index in [9.17, 15) is 4.79 Å². The second kappa shape index (κ2) is 5.96. The summed E-state index contributed by atoms with van der Waals surface area (Å²) in [5.74, 6) is 0.218. The predicted octanol–water partition coefficient (Wildman–Crippen LogP) is 1.95. The topological polar surface area (TPSA) is 55.3 Å². The van der Waals surface area contributed by atoms with E-state index in [1.807, 2.05) is 19.2 Å². The van der Waals surface area contributed by atoms with Crippen molar-refractivity contribution in [2.24, 2.45) is 11.3 Å². The second-order valence-corrected chi connectivity index (χ2v) is 6.29. The molecule has 1 aliphatic heterocycles. The number of hydrogen-bond acceptors (Lipinski definition) is 6. The van der Waals surface area contributed by atoms with Crippen LogP contribution in [0.25, 0.3) is 0 Å². The van der Waals surface area contributed by atoms with Crippen molar-refractivity contribution in [1.82, 2.24) is 14.5 Å². The maximum atomic E-state index is 11.9. The molecule has 2 rings (SSSR count). The molecule has 0 unspecified atom stereocenters. The van der Waals surface area contributed by atoms with Gasteiger partial charge in [0.25, 0.3) is 0 Å². The SMILES string of the molecule is COC(=O)C(C)(C)[C@@H]1CCCN(Cc2csnn2)C1. The van der Waals surface area contributed by atoms with Gasteiger partial charge in [-0.1, -0.05) is 4.49 Å². The van der Waals surface area contributed by atoms with Crippen LogP contribution in [0.3, 0.4) is 0 Å². The van der Waals surface area contributed by atoms with E-state index in [0.717, 1.165) is 38.2 Å². The standard InChI is InChI=1S/C13H21N3O2S/c1-13(2,12(17)18-3)10-5-4-6-16(7-10)8-11-9-19-15-14-11/h9-10H,4-8H2,1-3H3/t10-/m1/s1. The number of aromatic nitrogens is 2. The first-order valence-corrected chi connectivity index (χ1v) is 7.44. The molecule has 0 amide bonds. The summed E-state index contributed by atoms with van der Waals surface area (Å²) < 4.78 is 8.82. The normalized spacial score (nSPS) is 21.3. The van der Waals surface area contributed by atoms with Crippen LogP contribution in [0.2, 0.25) is 0 Å². The van der Waals surface area contributed by atoms with Gasteiger partial charge in [0.05, 0.1) is 18.2 Å². The van der Waals surface area contributed by atoms with Crippen molar-refractivity contribution in [3.63, 3.8) is 0 Å². The minimum Gasteiger partial charge on any atom is -0.469 e. The molecule has 1 aromatic rings. The molecule has 19 heavy (non-hydrogen) atoms. The lowest BCUT2D eigenvalue weighted by Crippen LogP contribution is -2.44. The minimum atomic E-state index is -0.423. The average molecular weight is 283 g/mol. The summed E-state index contributed by atoms with van der Waals surface area (Å²) in [6, 6.07) is 0. The predicted molar refractivity (Wildman–Crippen MR) is 73.7 cm³/mol. The molecular formula is C13H21N3O2S. The van der Waals surface area contributed by atoms with Gasteiger partial charge in [-0.05, 0) is 50.7 Å². The van der Waals surface area contributed by atoms with E-state index >= 15 is 0 Å². The van der Waals surface area contributed by atoms with Crippen LogP contribution >= 0.6 is 11.5 Å². The number of rotatable bonds is 4. The largest absolute Gasteiger partial charge is 0.469 e. The van der Waals surface area contributed by atoms with Crippen LogP contribution in [0, 0.1) is 11.3 Å². The van der Waals surface area contributed by atoms with Gasteiger partial charge in [-0.3, -0.25) is 9.69 Å². The molecule has 1 atom stereocenters. The number of ether oxygens (including phenoxy) is 1. The van der Waals surface area contributed by atoms with E-state index in [4.69, 9.17) is 4.74 Å². The maximum Gasteiger partial charge on any atom is 0.311 e. The van der Waals surface area contributed by atoms with E-state index in [2.05, 4.69) is 14.5 Å². The van der Waals surface area contributed by atoms with Crippen molar-refractivity contribution in [2.45, 2.75) is 33.2 Å². The van der Waals surface area contributed by atoms with Gasteiger partial charge >= 0.3 is 5.97 Å². The van der Waals surface area contributed by atoms with Gasteiger partial charge in [0.2, 0.25) is 0 Å². The summed E-state index contributed by atoms with van der Waals surface area (Å²) in [4.78, 5) is 14.3. The van der Waals surface area contributed by atoms with Crippen LogP contribution in [0.15, 0.2) is 5.38 Å². The van der Waals surface area contributed by atoms with Crippen molar-refractivity contribution >= 4 is 17.5 Å². The molecule has 106 valence electrons. The lowest BCUT2D eigenvalue weighted by molar-refractivity contribution is -0.155. The molecule has 1 fully saturated rings. The van der Waals surface area contributed by atoms with E-state index in [0.29, 0.717) is 5.92 Å². The Morgan fingerprint density at radius 3 is 3.05 bits per heavy atom. The highest BCUT2D eigenvalue weighted by Gasteiger charge is 2.39. The molecular weight excluding hydrogens is 262 g/mol. The van der Waals surface area contributed by atoms with Gasteiger partial charge in [-0.25, -0.2) is 0 Å². The van der Waals surface area contributed by atoms with Gasteiger partial charge in [-0.2, -0.15) is 0 Å². The molecule has 5 nitrogen and oxygen atoms in total. The monoisotopic (exact) mass is 283 g/mol. The number of nitrogens with zero attached hydrogens (tertiary/aromatic N) is 3. The fourth-order valence-corrected chi connectivity index (χ4v) is 3.14. The second-order valence-electron chi connectivity index (χ2n) is 5.68. The van der Waals surface area contributed by atoms with Gasteiger partial charge in [0.1, 0.15) is 0 Å². The molecule has 0 aliphatic carbocycles. The van der Waals surface area contributed by atoms with Gasteiger partial charge in [0, 0.05) is 18.5 Å². The van der Waals surface area contributed by atoms with Crippen molar-refractivity contribution in [3.05, 3.63) is 11.1 Å². The summed E-state index contributed by atoms with van der Waals surface area (Å²) in [5.41, 5.74) is 0.592. The van der Waals surface area contributed by atoms with Crippen LogP contribution in [-0.4, -0.2) is 40.7 Å². The molecule has 1 aliphatic rings. The number of piperidine rings is 1.